The summed E-state index contributed by atoms with van der Waals surface area (Å²) in [7, 11) is 2.10. The van der Waals surface area contributed by atoms with Crippen molar-refractivity contribution in [2.24, 2.45) is 0 Å². The van der Waals surface area contributed by atoms with E-state index in [0.29, 0.717) is 5.82 Å². The SMILES string of the molecule is CN(Cc1cccnc1N)Cc1n[nH]c2c1CCCCC2. The fourth-order valence-electron chi connectivity index (χ4n) is 3.04. The second-order valence-corrected chi connectivity index (χ2v) is 5.91. The van der Waals surface area contributed by atoms with E-state index in [1.807, 2.05) is 12.1 Å². The van der Waals surface area contributed by atoms with Gasteiger partial charge in [-0.15, -0.1) is 0 Å². The summed E-state index contributed by atoms with van der Waals surface area (Å²) in [5.74, 6) is 0.616. The molecular formula is C16H23N5. The van der Waals surface area contributed by atoms with Gasteiger partial charge in [-0.3, -0.25) is 10.00 Å². The number of aromatic nitrogens is 3. The quantitative estimate of drug-likeness (QED) is 0.846. The highest BCUT2D eigenvalue weighted by Gasteiger charge is 2.17. The molecule has 0 amide bonds. The number of fused-ring (bicyclic) bond motifs is 1. The van der Waals surface area contributed by atoms with Crippen molar-refractivity contribution in [3.8, 4) is 0 Å². The minimum Gasteiger partial charge on any atom is -0.383 e. The Bertz CT molecular complexity index is 604. The average Bonchev–Trinajstić information content (AvgIpc) is 2.71. The van der Waals surface area contributed by atoms with Crippen molar-refractivity contribution in [1.29, 1.82) is 0 Å². The number of aromatic amines is 1. The molecule has 0 fully saturated rings. The number of pyridine rings is 1. The third kappa shape index (κ3) is 3.24. The van der Waals surface area contributed by atoms with E-state index in [0.717, 1.165) is 31.5 Å². The number of nitrogens with zero attached hydrogens (tertiary/aromatic N) is 3. The molecule has 5 nitrogen and oxygen atoms in total. The van der Waals surface area contributed by atoms with Crippen LogP contribution in [0.5, 0.6) is 0 Å². The normalized spacial score (nSPS) is 15.0. The summed E-state index contributed by atoms with van der Waals surface area (Å²) in [6, 6.07) is 3.96. The number of nitrogens with two attached hydrogens (primary N) is 1. The molecular weight excluding hydrogens is 262 g/mol. The molecule has 1 aliphatic carbocycles. The molecule has 21 heavy (non-hydrogen) atoms. The molecule has 0 aromatic carbocycles. The Balaban J connectivity index is 1.69. The van der Waals surface area contributed by atoms with Gasteiger partial charge in [0.15, 0.2) is 0 Å². The van der Waals surface area contributed by atoms with Gasteiger partial charge in [0.2, 0.25) is 0 Å². The van der Waals surface area contributed by atoms with Crippen LogP contribution >= 0.6 is 0 Å². The summed E-state index contributed by atoms with van der Waals surface area (Å²) in [5.41, 5.74) is 11.0. The second kappa shape index (κ2) is 6.26. The largest absolute Gasteiger partial charge is 0.383 e. The second-order valence-electron chi connectivity index (χ2n) is 5.91. The van der Waals surface area contributed by atoms with E-state index in [1.165, 1.54) is 36.2 Å². The third-order valence-corrected chi connectivity index (χ3v) is 4.18. The van der Waals surface area contributed by atoms with Gasteiger partial charge in [-0.2, -0.15) is 5.10 Å². The molecule has 0 saturated carbocycles. The number of hydrogen-bond donors (Lipinski definition) is 2. The Morgan fingerprint density at radius 1 is 1.24 bits per heavy atom. The van der Waals surface area contributed by atoms with Crippen LogP contribution in [0.1, 0.15) is 41.8 Å². The van der Waals surface area contributed by atoms with Gasteiger partial charge in [0, 0.05) is 30.5 Å². The number of nitrogens with one attached hydrogen (secondary N) is 1. The Morgan fingerprint density at radius 2 is 2.10 bits per heavy atom. The molecule has 0 atom stereocenters. The molecule has 0 aliphatic heterocycles. The highest BCUT2D eigenvalue weighted by atomic mass is 15.2. The Hall–Kier alpha value is -1.88. The van der Waals surface area contributed by atoms with E-state index in [-0.39, 0.29) is 0 Å². The van der Waals surface area contributed by atoms with E-state index in [9.17, 15) is 0 Å². The summed E-state index contributed by atoms with van der Waals surface area (Å²) in [6.07, 6.45) is 7.90. The maximum Gasteiger partial charge on any atom is 0.127 e. The Kier molecular flexibility index (Phi) is 4.20. The van der Waals surface area contributed by atoms with Crippen LogP contribution in [0.15, 0.2) is 18.3 Å². The van der Waals surface area contributed by atoms with Crippen LogP contribution in [0, 0.1) is 0 Å². The molecule has 0 radical (unpaired) electrons. The van der Waals surface area contributed by atoms with Crippen molar-refractivity contribution in [2.45, 2.75) is 45.2 Å². The lowest BCUT2D eigenvalue weighted by Crippen LogP contribution is -2.19. The average molecular weight is 285 g/mol. The fourth-order valence-corrected chi connectivity index (χ4v) is 3.04. The van der Waals surface area contributed by atoms with E-state index in [4.69, 9.17) is 5.73 Å². The summed E-state index contributed by atoms with van der Waals surface area (Å²) in [4.78, 5) is 6.39. The van der Waals surface area contributed by atoms with Crippen molar-refractivity contribution < 1.29 is 0 Å². The molecule has 1 aliphatic rings. The van der Waals surface area contributed by atoms with Crippen molar-refractivity contribution in [1.82, 2.24) is 20.1 Å². The summed E-state index contributed by atoms with van der Waals surface area (Å²) < 4.78 is 0. The maximum atomic E-state index is 5.91. The third-order valence-electron chi connectivity index (χ3n) is 4.18. The van der Waals surface area contributed by atoms with Crippen molar-refractivity contribution in [3.05, 3.63) is 40.8 Å². The molecule has 112 valence electrons. The first-order valence-corrected chi connectivity index (χ1v) is 7.67. The van der Waals surface area contributed by atoms with Crippen LogP contribution in [-0.2, 0) is 25.9 Å². The van der Waals surface area contributed by atoms with E-state index < -0.39 is 0 Å². The van der Waals surface area contributed by atoms with Crippen molar-refractivity contribution in [2.75, 3.05) is 12.8 Å². The lowest BCUT2D eigenvalue weighted by atomic mass is 10.1. The molecule has 3 rings (SSSR count). The minimum atomic E-state index is 0.616. The molecule has 0 saturated heterocycles. The van der Waals surface area contributed by atoms with Crippen molar-refractivity contribution in [3.63, 3.8) is 0 Å². The maximum absolute atomic E-state index is 5.91. The Morgan fingerprint density at radius 3 is 2.95 bits per heavy atom. The highest BCUT2D eigenvalue weighted by molar-refractivity contribution is 5.38. The number of rotatable bonds is 4. The van der Waals surface area contributed by atoms with Gasteiger partial charge in [0.05, 0.1) is 5.69 Å². The standard InChI is InChI=1S/C16H23N5/c1-21(10-12-6-5-9-18-16(12)17)11-15-13-7-3-2-4-8-14(13)19-20-15/h5-6,9H,2-4,7-8,10-11H2,1H3,(H2,17,18)(H,19,20). The number of hydrogen-bond acceptors (Lipinski definition) is 4. The first-order valence-electron chi connectivity index (χ1n) is 7.67. The zero-order valence-corrected chi connectivity index (χ0v) is 12.6. The van der Waals surface area contributed by atoms with E-state index in [2.05, 4.69) is 27.1 Å². The molecule has 5 heteroatoms. The summed E-state index contributed by atoms with van der Waals surface area (Å²) in [6.45, 7) is 1.64. The summed E-state index contributed by atoms with van der Waals surface area (Å²) in [5, 5.41) is 7.76. The molecule has 3 N–H and O–H groups in total. The topological polar surface area (TPSA) is 70.8 Å². The molecule has 2 aromatic rings. The van der Waals surface area contributed by atoms with Crippen LogP contribution in [0.3, 0.4) is 0 Å². The van der Waals surface area contributed by atoms with Gasteiger partial charge >= 0.3 is 0 Å². The van der Waals surface area contributed by atoms with Crippen LogP contribution in [0.4, 0.5) is 5.82 Å². The monoisotopic (exact) mass is 285 g/mol. The molecule has 0 spiro atoms. The van der Waals surface area contributed by atoms with Crippen LogP contribution in [-0.4, -0.2) is 27.1 Å². The minimum absolute atomic E-state index is 0.616. The number of aryl methyl sites for hydroxylation is 1. The molecule has 0 bridgehead atoms. The molecule has 0 unspecified atom stereocenters. The predicted molar refractivity (Wildman–Crippen MR) is 83.7 cm³/mol. The number of nitrogen functional groups attached to an aromatic ring is 1. The lowest BCUT2D eigenvalue weighted by Gasteiger charge is -2.17. The lowest BCUT2D eigenvalue weighted by molar-refractivity contribution is 0.314. The number of anilines is 1. The van der Waals surface area contributed by atoms with Gasteiger partial charge in [-0.05, 0) is 44.4 Å². The fraction of sp³-hybridized carbons (Fsp3) is 0.500. The highest BCUT2D eigenvalue weighted by Crippen LogP contribution is 2.23. The van der Waals surface area contributed by atoms with Crippen molar-refractivity contribution >= 4 is 5.82 Å². The van der Waals surface area contributed by atoms with Gasteiger partial charge in [-0.25, -0.2) is 4.98 Å². The van der Waals surface area contributed by atoms with Crippen LogP contribution < -0.4 is 5.73 Å². The first kappa shape index (κ1) is 14.1. The zero-order valence-electron chi connectivity index (χ0n) is 12.6. The zero-order chi connectivity index (χ0) is 14.7. The molecule has 2 heterocycles. The first-order chi connectivity index (χ1) is 10.2. The Labute approximate surface area is 125 Å². The van der Waals surface area contributed by atoms with E-state index >= 15 is 0 Å². The smallest absolute Gasteiger partial charge is 0.127 e. The van der Waals surface area contributed by atoms with Gasteiger partial charge < -0.3 is 5.73 Å². The van der Waals surface area contributed by atoms with E-state index in [1.54, 1.807) is 6.20 Å². The molecule has 2 aromatic heterocycles. The predicted octanol–water partition coefficient (Wildman–Crippen LogP) is 2.29. The number of H-pyrrole nitrogens is 1. The van der Waals surface area contributed by atoms with Gasteiger partial charge in [0.25, 0.3) is 0 Å². The van der Waals surface area contributed by atoms with Gasteiger partial charge in [-0.1, -0.05) is 12.5 Å². The van der Waals surface area contributed by atoms with Gasteiger partial charge in [0.1, 0.15) is 5.82 Å². The van der Waals surface area contributed by atoms with Crippen LogP contribution in [0.2, 0.25) is 0 Å². The van der Waals surface area contributed by atoms with Crippen LogP contribution in [0.25, 0.3) is 0 Å². The summed E-state index contributed by atoms with van der Waals surface area (Å²) >= 11 is 0.